The number of nitrogen functional groups attached to an aromatic ring is 1. The average molecular weight is 321 g/mol. The number of benzene rings is 2. The quantitative estimate of drug-likeness (QED) is 0.653. The minimum absolute atomic E-state index is 0.0775. The summed E-state index contributed by atoms with van der Waals surface area (Å²) in [7, 11) is 0. The Bertz CT molecular complexity index is 673. The van der Waals surface area contributed by atoms with Gasteiger partial charge in [0.25, 0.3) is 0 Å². The Morgan fingerprint density at radius 2 is 1.95 bits per heavy atom. The molecule has 0 radical (unpaired) electrons. The van der Waals surface area contributed by atoms with Crippen molar-refractivity contribution in [1.82, 2.24) is 0 Å². The van der Waals surface area contributed by atoms with E-state index in [1.165, 1.54) is 11.8 Å². The number of nitrogens with one attached hydrogen (secondary N) is 1. The highest BCUT2D eigenvalue weighted by atomic mass is 35.5. The first-order valence-electron chi connectivity index (χ1n) is 6.52. The van der Waals surface area contributed by atoms with E-state index >= 15 is 0 Å². The van der Waals surface area contributed by atoms with E-state index in [4.69, 9.17) is 17.3 Å². The fraction of sp³-hybridized carbons (Fsp3) is 0.188. The Balaban J connectivity index is 1.99. The zero-order chi connectivity index (χ0) is 15.4. The van der Waals surface area contributed by atoms with Crippen molar-refractivity contribution in [2.24, 2.45) is 0 Å². The molecule has 1 amide bonds. The van der Waals surface area contributed by atoms with Crippen molar-refractivity contribution in [1.29, 1.82) is 0 Å². The highest BCUT2D eigenvalue weighted by molar-refractivity contribution is 8.00. The molecule has 0 aliphatic heterocycles. The molecule has 0 bridgehead atoms. The SMILES string of the molecule is Cc1cccc(SCC(=O)Nc2cccc(Cl)c2C)c1N. The molecule has 0 heterocycles. The molecule has 0 saturated heterocycles. The van der Waals surface area contributed by atoms with Crippen molar-refractivity contribution < 1.29 is 4.79 Å². The Morgan fingerprint density at radius 3 is 2.71 bits per heavy atom. The number of amides is 1. The number of hydrogen-bond donors (Lipinski definition) is 2. The normalized spacial score (nSPS) is 10.4. The Kier molecular flexibility index (Phi) is 5.15. The first kappa shape index (κ1) is 15.7. The molecule has 2 rings (SSSR count). The third-order valence-corrected chi connectivity index (χ3v) is 4.67. The van der Waals surface area contributed by atoms with Crippen LogP contribution in [-0.2, 0) is 4.79 Å². The van der Waals surface area contributed by atoms with Crippen molar-refractivity contribution in [3.63, 3.8) is 0 Å². The van der Waals surface area contributed by atoms with E-state index in [-0.39, 0.29) is 5.91 Å². The van der Waals surface area contributed by atoms with Gasteiger partial charge in [0.2, 0.25) is 5.91 Å². The van der Waals surface area contributed by atoms with Crippen LogP contribution in [0.15, 0.2) is 41.3 Å². The zero-order valence-electron chi connectivity index (χ0n) is 11.9. The van der Waals surface area contributed by atoms with E-state index in [1.807, 2.05) is 44.2 Å². The molecule has 0 aromatic heterocycles. The van der Waals surface area contributed by atoms with Gasteiger partial charge in [0, 0.05) is 21.3 Å². The molecule has 2 aromatic rings. The van der Waals surface area contributed by atoms with Gasteiger partial charge in [0.15, 0.2) is 0 Å². The predicted octanol–water partition coefficient (Wildman–Crippen LogP) is 4.27. The van der Waals surface area contributed by atoms with Crippen LogP contribution in [0.1, 0.15) is 11.1 Å². The number of halogens is 1. The van der Waals surface area contributed by atoms with Gasteiger partial charge in [-0.1, -0.05) is 29.8 Å². The highest BCUT2D eigenvalue weighted by Gasteiger charge is 2.09. The van der Waals surface area contributed by atoms with Gasteiger partial charge in [-0.2, -0.15) is 0 Å². The summed E-state index contributed by atoms with van der Waals surface area (Å²) in [5, 5.41) is 3.51. The van der Waals surface area contributed by atoms with Crippen LogP contribution in [0.5, 0.6) is 0 Å². The smallest absolute Gasteiger partial charge is 0.234 e. The van der Waals surface area contributed by atoms with Crippen LogP contribution in [0.3, 0.4) is 0 Å². The van der Waals surface area contributed by atoms with E-state index in [1.54, 1.807) is 6.07 Å². The highest BCUT2D eigenvalue weighted by Crippen LogP contribution is 2.28. The van der Waals surface area contributed by atoms with E-state index in [0.29, 0.717) is 10.8 Å². The molecule has 2 aromatic carbocycles. The van der Waals surface area contributed by atoms with Crippen LogP contribution in [-0.4, -0.2) is 11.7 Å². The number of carbonyl (C=O) groups is 1. The molecule has 0 aliphatic carbocycles. The molecule has 0 atom stereocenters. The van der Waals surface area contributed by atoms with E-state index in [0.717, 1.165) is 27.4 Å². The summed E-state index contributed by atoms with van der Waals surface area (Å²) in [5.41, 5.74) is 9.35. The lowest BCUT2D eigenvalue weighted by atomic mass is 10.2. The monoisotopic (exact) mass is 320 g/mol. The second-order valence-corrected chi connectivity index (χ2v) is 6.16. The van der Waals surface area contributed by atoms with Gasteiger partial charge in [-0.05, 0) is 43.2 Å². The minimum atomic E-state index is -0.0775. The van der Waals surface area contributed by atoms with Crippen LogP contribution in [0.25, 0.3) is 0 Å². The number of carbonyl (C=O) groups excluding carboxylic acids is 1. The zero-order valence-corrected chi connectivity index (χ0v) is 13.5. The lowest BCUT2D eigenvalue weighted by Gasteiger charge is -2.10. The van der Waals surface area contributed by atoms with E-state index in [2.05, 4.69) is 5.32 Å². The minimum Gasteiger partial charge on any atom is -0.398 e. The Hall–Kier alpha value is -1.65. The number of anilines is 2. The second kappa shape index (κ2) is 6.87. The molecule has 0 spiro atoms. The van der Waals surface area contributed by atoms with Gasteiger partial charge >= 0.3 is 0 Å². The first-order valence-corrected chi connectivity index (χ1v) is 7.88. The summed E-state index contributed by atoms with van der Waals surface area (Å²) in [6.45, 7) is 3.83. The van der Waals surface area contributed by atoms with Gasteiger partial charge in [-0.15, -0.1) is 11.8 Å². The summed E-state index contributed by atoms with van der Waals surface area (Å²) < 4.78 is 0. The largest absolute Gasteiger partial charge is 0.398 e. The summed E-state index contributed by atoms with van der Waals surface area (Å²) in [6.07, 6.45) is 0. The number of aryl methyl sites for hydroxylation is 1. The molecule has 21 heavy (non-hydrogen) atoms. The predicted molar refractivity (Wildman–Crippen MR) is 91.1 cm³/mol. The van der Waals surface area contributed by atoms with Gasteiger partial charge in [0.05, 0.1) is 5.75 Å². The molecule has 3 nitrogen and oxygen atoms in total. The fourth-order valence-electron chi connectivity index (χ4n) is 1.85. The topological polar surface area (TPSA) is 55.1 Å². The van der Waals surface area contributed by atoms with Crippen LogP contribution < -0.4 is 11.1 Å². The van der Waals surface area contributed by atoms with E-state index in [9.17, 15) is 4.79 Å². The fourth-order valence-corrected chi connectivity index (χ4v) is 2.88. The van der Waals surface area contributed by atoms with Gasteiger partial charge < -0.3 is 11.1 Å². The van der Waals surface area contributed by atoms with Crippen LogP contribution >= 0.6 is 23.4 Å². The van der Waals surface area contributed by atoms with Crippen molar-refractivity contribution >= 4 is 40.6 Å². The summed E-state index contributed by atoms with van der Waals surface area (Å²) in [4.78, 5) is 13.0. The number of thioether (sulfide) groups is 1. The van der Waals surface area contributed by atoms with Crippen molar-refractivity contribution in [3.8, 4) is 0 Å². The molecule has 5 heteroatoms. The second-order valence-electron chi connectivity index (χ2n) is 4.74. The lowest BCUT2D eigenvalue weighted by molar-refractivity contribution is -0.113. The Morgan fingerprint density at radius 1 is 1.24 bits per heavy atom. The molecule has 0 saturated carbocycles. The summed E-state index contributed by atoms with van der Waals surface area (Å²) in [6, 6.07) is 11.3. The summed E-state index contributed by atoms with van der Waals surface area (Å²) in [5.74, 6) is 0.228. The van der Waals surface area contributed by atoms with Gasteiger partial charge in [-0.25, -0.2) is 0 Å². The molecular weight excluding hydrogens is 304 g/mol. The van der Waals surface area contributed by atoms with E-state index < -0.39 is 0 Å². The lowest BCUT2D eigenvalue weighted by Crippen LogP contribution is -2.15. The number of hydrogen-bond acceptors (Lipinski definition) is 3. The number of nitrogens with two attached hydrogens (primary N) is 1. The average Bonchev–Trinajstić information content (AvgIpc) is 2.45. The number of para-hydroxylation sites is 1. The molecular formula is C16H17ClN2OS. The maximum absolute atomic E-state index is 12.0. The van der Waals surface area contributed by atoms with Gasteiger partial charge in [0.1, 0.15) is 0 Å². The first-order chi connectivity index (χ1) is 9.99. The number of rotatable bonds is 4. The van der Waals surface area contributed by atoms with Crippen LogP contribution in [0.4, 0.5) is 11.4 Å². The molecule has 110 valence electrons. The molecule has 0 fully saturated rings. The third-order valence-electron chi connectivity index (χ3n) is 3.18. The summed E-state index contributed by atoms with van der Waals surface area (Å²) >= 11 is 7.46. The van der Waals surface area contributed by atoms with Crippen LogP contribution in [0.2, 0.25) is 5.02 Å². The molecule has 0 aliphatic rings. The molecule has 3 N–H and O–H groups in total. The van der Waals surface area contributed by atoms with Crippen LogP contribution in [0, 0.1) is 13.8 Å². The van der Waals surface area contributed by atoms with Crippen molar-refractivity contribution in [2.75, 3.05) is 16.8 Å². The Labute approximate surface area is 133 Å². The molecule has 0 unspecified atom stereocenters. The van der Waals surface area contributed by atoms with Gasteiger partial charge in [-0.3, -0.25) is 4.79 Å². The van der Waals surface area contributed by atoms with Crippen molar-refractivity contribution in [2.45, 2.75) is 18.7 Å². The maximum Gasteiger partial charge on any atom is 0.234 e. The third kappa shape index (κ3) is 3.93. The van der Waals surface area contributed by atoms with Crippen molar-refractivity contribution in [3.05, 3.63) is 52.5 Å². The maximum atomic E-state index is 12.0. The standard InChI is InChI=1S/C16H17ClN2OS/c1-10-5-3-8-14(16(10)18)21-9-15(20)19-13-7-4-6-12(17)11(13)2/h3-8H,9,18H2,1-2H3,(H,19,20).